The van der Waals surface area contributed by atoms with Crippen molar-refractivity contribution >= 4 is 10.8 Å². The fourth-order valence-electron chi connectivity index (χ4n) is 5.49. The van der Waals surface area contributed by atoms with Crippen molar-refractivity contribution < 1.29 is 25.8 Å². The van der Waals surface area contributed by atoms with Gasteiger partial charge in [-0.05, 0) is 36.5 Å². The molecule has 174 valence electrons. The van der Waals surface area contributed by atoms with E-state index in [0.29, 0.717) is 10.8 Å². The summed E-state index contributed by atoms with van der Waals surface area (Å²) < 4.78 is 0. The molecule has 0 radical (unpaired) electrons. The molecule has 0 saturated heterocycles. The molecule has 3 aromatic carbocycles. The fourth-order valence-corrected chi connectivity index (χ4v) is 5.49. The Bertz CT molecular complexity index is 980. The monoisotopic (exact) mass is 596 g/mol. The molecule has 0 aliphatic heterocycles. The molecule has 0 saturated carbocycles. The molecule has 1 heteroatoms. The van der Waals surface area contributed by atoms with Crippen molar-refractivity contribution in [3.8, 4) is 0 Å². The fraction of sp³-hybridized carbons (Fsp3) is 0.548. The van der Waals surface area contributed by atoms with Gasteiger partial charge in [0, 0.05) is 25.8 Å². The van der Waals surface area contributed by atoms with E-state index in [1.807, 2.05) is 0 Å². The van der Waals surface area contributed by atoms with Crippen molar-refractivity contribution in [3.63, 3.8) is 0 Å². The molecule has 0 atom stereocenters. The van der Waals surface area contributed by atoms with E-state index in [0.717, 1.165) is 0 Å². The van der Waals surface area contributed by atoms with E-state index < -0.39 is 0 Å². The van der Waals surface area contributed by atoms with Gasteiger partial charge >= 0.3 is 0 Å². The van der Waals surface area contributed by atoms with Crippen molar-refractivity contribution in [1.29, 1.82) is 0 Å². The Balaban J connectivity index is 0.000000280. The topological polar surface area (TPSA) is 0 Å². The summed E-state index contributed by atoms with van der Waals surface area (Å²) in [7, 11) is 0. The van der Waals surface area contributed by atoms with Crippen LogP contribution in [0.3, 0.4) is 0 Å². The minimum Gasteiger partial charge on any atom is -0.196 e. The van der Waals surface area contributed by atoms with Crippen LogP contribution in [0.4, 0.5) is 0 Å². The summed E-state index contributed by atoms with van der Waals surface area (Å²) in [4.78, 5) is 0. The van der Waals surface area contributed by atoms with E-state index in [-0.39, 0.29) is 25.8 Å². The van der Waals surface area contributed by atoms with Crippen LogP contribution in [0.25, 0.3) is 10.8 Å². The standard InChI is InChI=1S/C21H29.C10H15.Hf/c1-6-21(7-2)13-17-10-15-8-9-16(12-20(3,4)5)19(15)11-18(17)14-21;1-6-7(2)9(4)10(5)8(6)3;/h8-11H,6-7,12-14H2,1-5H3;1-5H3;/q2*-1;. The molecule has 0 bridgehead atoms. The van der Waals surface area contributed by atoms with Crippen LogP contribution >= 0.6 is 0 Å². The van der Waals surface area contributed by atoms with Gasteiger partial charge in [-0.2, -0.15) is 33.9 Å². The number of hydrogen-bond acceptors (Lipinski definition) is 0. The van der Waals surface area contributed by atoms with Crippen molar-refractivity contribution in [1.82, 2.24) is 0 Å². The first-order valence-electron chi connectivity index (χ1n) is 12.3. The molecule has 4 rings (SSSR count). The van der Waals surface area contributed by atoms with E-state index in [4.69, 9.17) is 0 Å². The Labute approximate surface area is 216 Å². The predicted molar refractivity (Wildman–Crippen MR) is 139 cm³/mol. The van der Waals surface area contributed by atoms with E-state index >= 15 is 0 Å². The van der Waals surface area contributed by atoms with Gasteiger partial charge in [0.25, 0.3) is 0 Å². The summed E-state index contributed by atoms with van der Waals surface area (Å²) in [5.41, 5.74) is 13.0. The van der Waals surface area contributed by atoms with E-state index in [1.54, 1.807) is 11.1 Å². The van der Waals surface area contributed by atoms with Crippen LogP contribution in [0.2, 0.25) is 0 Å². The minimum atomic E-state index is 0. The molecular formula is C31H44Hf-2. The molecule has 3 aromatic rings. The largest absolute Gasteiger partial charge is 0.196 e. The van der Waals surface area contributed by atoms with Crippen LogP contribution in [0, 0.1) is 45.4 Å². The van der Waals surface area contributed by atoms with Crippen LogP contribution in [0.5, 0.6) is 0 Å². The van der Waals surface area contributed by atoms with Crippen LogP contribution in [-0.4, -0.2) is 0 Å². The smallest absolute Gasteiger partial charge is 0 e. The Morgan fingerprint density at radius 3 is 1.78 bits per heavy atom. The molecule has 0 fully saturated rings. The molecule has 0 N–H and O–H groups in total. The molecule has 0 unspecified atom stereocenters. The van der Waals surface area contributed by atoms with E-state index in [9.17, 15) is 0 Å². The van der Waals surface area contributed by atoms with Crippen LogP contribution in [0.1, 0.15) is 92.0 Å². The summed E-state index contributed by atoms with van der Waals surface area (Å²) in [5, 5.41) is 2.96. The Kier molecular flexibility index (Phi) is 8.64. The summed E-state index contributed by atoms with van der Waals surface area (Å²) in [6.45, 7) is 22.7. The molecule has 0 spiro atoms. The summed E-state index contributed by atoms with van der Waals surface area (Å²) in [6.07, 6.45) is 6.34. The third kappa shape index (κ3) is 5.40. The molecule has 1 aliphatic carbocycles. The number of rotatable bonds is 3. The van der Waals surface area contributed by atoms with E-state index in [2.05, 4.69) is 93.5 Å². The Morgan fingerprint density at radius 2 is 1.38 bits per heavy atom. The molecular weight excluding hydrogens is 551 g/mol. The van der Waals surface area contributed by atoms with Crippen LogP contribution < -0.4 is 0 Å². The van der Waals surface area contributed by atoms with Crippen LogP contribution in [-0.2, 0) is 45.1 Å². The minimum absolute atomic E-state index is 0. The zero-order valence-corrected chi connectivity index (χ0v) is 25.9. The second kappa shape index (κ2) is 10.1. The summed E-state index contributed by atoms with van der Waals surface area (Å²) in [5.74, 6) is 0. The number of hydrogen-bond donors (Lipinski definition) is 0. The first-order chi connectivity index (χ1) is 14.4. The SMILES string of the molecule is CCC1(CC)Cc2cc3cc[c-](CC(C)(C)C)c3cc2C1.Cc1c(C)c(C)[c-](C)c1C.[Hf]. The third-order valence-electron chi connectivity index (χ3n) is 8.35. The first-order valence-corrected chi connectivity index (χ1v) is 12.3. The zero-order chi connectivity index (χ0) is 23.1. The molecule has 0 aromatic heterocycles. The van der Waals surface area contributed by atoms with E-state index in [1.165, 1.54) is 76.3 Å². The second-order valence-electron chi connectivity index (χ2n) is 11.5. The Hall–Kier alpha value is -0.950. The van der Waals surface area contributed by atoms with Gasteiger partial charge in [0.15, 0.2) is 0 Å². The number of benzene rings is 1. The number of fused-ring (bicyclic) bond motifs is 2. The van der Waals surface area contributed by atoms with Crippen molar-refractivity contribution in [2.45, 2.75) is 101 Å². The van der Waals surface area contributed by atoms with Gasteiger partial charge in [0.05, 0.1) is 0 Å². The average Bonchev–Trinajstić information content (AvgIpc) is 3.33. The van der Waals surface area contributed by atoms with Gasteiger partial charge in [-0.1, -0.05) is 86.8 Å². The molecule has 1 aliphatic rings. The molecule has 32 heavy (non-hydrogen) atoms. The Morgan fingerprint density at radius 1 is 0.875 bits per heavy atom. The average molecular weight is 595 g/mol. The molecule has 0 heterocycles. The molecule has 0 amide bonds. The maximum atomic E-state index is 2.51. The maximum absolute atomic E-state index is 2.51. The third-order valence-corrected chi connectivity index (χ3v) is 8.35. The van der Waals surface area contributed by atoms with Gasteiger partial charge in [0.2, 0.25) is 0 Å². The van der Waals surface area contributed by atoms with Gasteiger partial charge in [-0.3, -0.25) is 0 Å². The van der Waals surface area contributed by atoms with Gasteiger partial charge < -0.3 is 0 Å². The second-order valence-corrected chi connectivity index (χ2v) is 11.5. The van der Waals surface area contributed by atoms with Gasteiger partial charge in [-0.15, -0.1) is 34.5 Å². The summed E-state index contributed by atoms with van der Waals surface area (Å²) in [6, 6.07) is 9.66. The normalized spacial score (nSPS) is 14.7. The van der Waals surface area contributed by atoms with Crippen LogP contribution in [0.15, 0.2) is 24.3 Å². The first kappa shape index (κ1) is 27.3. The maximum Gasteiger partial charge on any atom is 0 e. The van der Waals surface area contributed by atoms with Gasteiger partial charge in [0.1, 0.15) is 0 Å². The van der Waals surface area contributed by atoms with Gasteiger partial charge in [-0.25, -0.2) is 0 Å². The van der Waals surface area contributed by atoms with Crippen molar-refractivity contribution in [2.75, 3.05) is 0 Å². The van der Waals surface area contributed by atoms with Crippen molar-refractivity contribution in [3.05, 3.63) is 68.8 Å². The zero-order valence-electron chi connectivity index (χ0n) is 22.3. The summed E-state index contributed by atoms with van der Waals surface area (Å²) >= 11 is 0. The predicted octanol–water partition coefficient (Wildman–Crippen LogP) is 9.00. The van der Waals surface area contributed by atoms with Crippen molar-refractivity contribution in [2.24, 2.45) is 10.8 Å². The molecule has 0 nitrogen and oxygen atoms in total. The quantitative estimate of drug-likeness (QED) is 0.210.